The fraction of sp³-hybridized carbons (Fsp3) is 0.263. The van der Waals surface area contributed by atoms with Crippen molar-refractivity contribution in [2.75, 3.05) is 18.4 Å². The Morgan fingerprint density at radius 2 is 2.07 bits per heavy atom. The smallest absolute Gasteiger partial charge is 0.250 e. The maximum absolute atomic E-state index is 14.5. The summed E-state index contributed by atoms with van der Waals surface area (Å²) in [6.07, 6.45) is 6.79. The van der Waals surface area contributed by atoms with Crippen LogP contribution in [0.2, 0.25) is 0 Å². The number of carbonyl (C=O) groups excluding carboxylic acids is 1. The van der Waals surface area contributed by atoms with E-state index in [1.165, 1.54) is 24.4 Å². The molecule has 1 atom stereocenters. The van der Waals surface area contributed by atoms with E-state index in [4.69, 9.17) is 11.1 Å². The zero-order valence-electron chi connectivity index (χ0n) is 14.5. The summed E-state index contributed by atoms with van der Waals surface area (Å²) in [5, 5.41) is 24.1. The molecule has 1 aliphatic heterocycles. The highest BCUT2D eigenvalue weighted by Crippen LogP contribution is 2.32. The van der Waals surface area contributed by atoms with Gasteiger partial charge in [-0.1, -0.05) is 12.2 Å². The molecule has 1 heterocycles. The lowest BCUT2D eigenvalue weighted by Crippen LogP contribution is -2.43. The molecule has 1 amide bonds. The summed E-state index contributed by atoms with van der Waals surface area (Å²) >= 11 is 0. The minimum absolute atomic E-state index is 0.00821. The van der Waals surface area contributed by atoms with Crippen LogP contribution in [0.5, 0.6) is 0 Å². The Morgan fingerprint density at radius 1 is 1.37 bits per heavy atom. The molecule has 6 N–H and O–H groups in total. The summed E-state index contributed by atoms with van der Waals surface area (Å²) < 4.78 is 28.9. The Morgan fingerprint density at radius 3 is 2.67 bits per heavy atom. The van der Waals surface area contributed by atoms with Gasteiger partial charge in [0.15, 0.2) is 0 Å². The van der Waals surface area contributed by atoms with Gasteiger partial charge in [-0.25, -0.2) is 8.78 Å². The Balaban J connectivity index is 1.84. The topological polar surface area (TPSA) is 111 Å². The highest BCUT2D eigenvalue weighted by atomic mass is 19.1. The number of piperidine rings is 1. The first-order valence-corrected chi connectivity index (χ1v) is 8.48. The quantitative estimate of drug-likeness (QED) is 0.554. The molecule has 0 spiro atoms. The number of nitrogens with one attached hydrogen (secondary N) is 3. The van der Waals surface area contributed by atoms with Crippen LogP contribution in [0.25, 0.3) is 0 Å². The van der Waals surface area contributed by atoms with Crippen molar-refractivity contribution in [2.24, 2.45) is 5.73 Å². The number of hydrogen-bond donors (Lipinski definition) is 5. The molecule has 3 rings (SSSR count). The first-order valence-electron chi connectivity index (χ1n) is 8.48. The van der Waals surface area contributed by atoms with E-state index in [2.05, 4.69) is 10.6 Å². The van der Waals surface area contributed by atoms with Crippen LogP contribution < -0.4 is 16.4 Å². The van der Waals surface area contributed by atoms with Gasteiger partial charge >= 0.3 is 0 Å². The van der Waals surface area contributed by atoms with Gasteiger partial charge in [-0.2, -0.15) is 0 Å². The molecule has 0 aromatic heterocycles. The van der Waals surface area contributed by atoms with Gasteiger partial charge in [-0.15, -0.1) is 0 Å². The molecular formula is C19H20F2N4O2. The molecule has 1 saturated heterocycles. The summed E-state index contributed by atoms with van der Waals surface area (Å²) in [6, 6.07) is 2.21. The van der Waals surface area contributed by atoms with Crippen LogP contribution in [0.15, 0.2) is 47.7 Å². The number of carbonyl (C=O) groups is 1. The predicted molar refractivity (Wildman–Crippen MR) is 98.2 cm³/mol. The Hall–Kier alpha value is -2.84. The average Bonchev–Trinajstić information content (AvgIpc) is 2.62. The number of nitrogens with two attached hydrogens (primary N) is 1. The van der Waals surface area contributed by atoms with Crippen LogP contribution in [-0.2, 0) is 10.4 Å². The second-order valence-electron chi connectivity index (χ2n) is 6.55. The number of rotatable bonds is 4. The van der Waals surface area contributed by atoms with Crippen molar-refractivity contribution in [3.8, 4) is 0 Å². The van der Waals surface area contributed by atoms with Crippen molar-refractivity contribution in [1.29, 1.82) is 5.41 Å². The van der Waals surface area contributed by atoms with Gasteiger partial charge in [-0.05, 0) is 43.2 Å². The third-order valence-corrected chi connectivity index (χ3v) is 4.67. The number of halogens is 2. The standard InChI is InChI=1S/C19H20F2N4O2/c20-14-7-12(19(27)5-2-6-24-10-19)8-15(21)17(14)25-9-11-3-1-4-13(16(11)22)18(23)26/h1,3-4,7-9,22,24-25,27H,2,5-6,10H2,(H2,23,26)/b11-9-,22-16?. The monoisotopic (exact) mass is 374 g/mol. The minimum Gasteiger partial charge on any atom is -0.384 e. The van der Waals surface area contributed by atoms with Crippen LogP contribution in [0, 0.1) is 17.0 Å². The van der Waals surface area contributed by atoms with Crippen LogP contribution in [-0.4, -0.2) is 29.8 Å². The predicted octanol–water partition coefficient (Wildman–Crippen LogP) is 1.83. The number of hydrogen-bond acceptors (Lipinski definition) is 5. The Labute approximate surface area is 155 Å². The second-order valence-corrected chi connectivity index (χ2v) is 6.55. The van der Waals surface area contributed by atoms with Crippen molar-refractivity contribution in [2.45, 2.75) is 18.4 Å². The van der Waals surface area contributed by atoms with Gasteiger partial charge in [-0.3, -0.25) is 10.2 Å². The third kappa shape index (κ3) is 3.81. The van der Waals surface area contributed by atoms with E-state index in [1.54, 1.807) is 0 Å². The lowest BCUT2D eigenvalue weighted by Gasteiger charge is -2.33. The number of primary amides is 1. The molecule has 0 bridgehead atoms. The van der Waals surface area contributed by atoms with Crippen LogP contribution in [0.4, 0.5) is 14.5 Å². The van der Waals surface area contributed by atoms with E-state index >= 15 is 0 Å². The summed E-state index contributed by atoms with van der Waals surface area (Å²) in [5.41, 5.74) is 3.77. The number of β-amino-alcohol motifs (C(OH)–C–C–N with tert-alkyl or cyclic N) is 1. The van der Waals surface area contributed by atoms with Crippen LogP contribution in [0.3, 0.4) is 0 Å². The fourth-order valence-corrected chi connectivity index (χ4v) is 3.16. The van der Waals surface area contributed by atoms with E-state index in [-0.39, 0.29) is 29.0 Å². The largest absolute Gasteiger partial charge is 0.384 e. The van der Waals surface area contributed by atoms with E-state index < -0.39 is 28.8 Å². The van der Waals surface area contributed by atoms with Gasteiger partial charge in [0.05, 0.1) is 11.3 Å². The van der Waals surface area contributed by atoms with E-state index in [0.717, 1.165) is 18.7 Å². The third-order valence-electron chi connectivity index (χ3n) is 4.67. The summed E-state index contributed by atoms with van der Waals surface area (Å²) in [7, 11) is 0. The fourth-order valence-electron chi connectivity index (χ4n) is 3.16. The normalized spacial score (nSPS) is 24.0. The minimum atomic E-state index is -1.31. The number of benzene rings is 1. The summed E-state index contributed by atoms with van der Waals surface area (Å²) in [6.45, 7) is 0.981. The van der Waals surface area contributed by atoms with Gasteiger partial charge in [0, 0.05) is 18.3 Å². The molecule has 8 heteroatoms. The first kappa shape index (κ1) is 18.9. The highest BCUT2D eigenvalue weighted by molar-refractivity contribution is 6.28. The second kappa shape index (κ2) is 7.42. The molecule has 0 saturated carbocycles. The maximum Gasteiger partial charge on any atom is 0.250 e. The van der Waals surface area contributed by atoms with Crippen molar-refractivity contribution in [3.05, 3.63) is 64.9 Å². The van der Waals surface area contributed by atoms with Gasteiger partial charge in [0.1, 0.15) is 22.9 Å². The van der Waals surface area contributed by atoms with E-state index in [9.17, 15) is 18.7 Å². The summed E-state index contributed by atoms with van der Waals surface area (Å²) in [5.74, 6) is -2.48. The van der Waals surface area contributed by atoms with Crippen molar-refractivity contribution in [3.63, 3.8) is 0 Å². The molecule has 6 nitrogen and oxygen atoms in total. The SMILES string of the molecule is N=C1C(C(N)=O)=CC=C/C1=C/Nc1c(F)cc(C2(O)CCCNC2)cc1F. The number of aliphatic hydroxyl groups is 1. The lowest BCUT2D eigenvalue weighted by atomic mass is 9.86. The molecule has 1 fully saturated rings. The molecule has 1 unspecified atom stereocenters. The van der Waals surface area contributed by atoms with Crippen molar-refractivity contribution in [1.82, 2.24) is 5.32 Å². The number of allylic oxidation sites excluding steroid dienone is 4. The lowest BCUT2D eigenvalue weighted by molar-refractivity contribution is -0.114. The van der Waals surface area contributed by atoms with Gasteiger partial charge < -0.3 is 21.5 Å². The first-order chi connectivity index (χ1) is 12.8. The molecule has 1 aromatic carbocycles. The molecule has 1 aliphatic carbocycles. The maximum atomic E-state index is 14.5. The van der Waals surface area contributed by atoms with Crippen LogP contribution in [0.1, 0.15) is 18.4 Å². The molecular weight excluding hydrogens is 354 g/mol. The van der Waals surface area contributed by atoms with Gasteiger partial charge in [0.2, 0.25) is 0 Å². The molecule has 2 aliphatic rings. The number of anilines is 1. The molecule has 0 radical (unpaired) electrons. The molecule has 27 heavy (non-hydrogen) atoms. The van der Waals surface area contributed by atoms with Crippen molar-refractivity contribution >= 4 is 17.3 Å². The van der Waals surface area contributed by atoms with Crippen molar-refractivity contribution < 1.29 is 18.7 Å². The zero-order valence-corrected chi connectivity index (χ0v) is 14.5. The highest BCUT2D eigenvalue weighted by Gasteiger charge is 2.32. The molecule has 1 aromatic rings. The van der Waals surface area contributed by atoms with Gasteiger partial charge in [0.25, 0.3) is 5.91 Å². The zero-order chi connectivity index (χ0) is 19.6. The van der Waals surface area contributed by atoms with E-state index in [1.807, 2.05) is 0 Å². The number of amides is 1. The van der Waals surface area contributed by atoms with Crippen LogP contribution >= 0.6 is 0 Å². The Bertz CT molecular complexity index is 861. The molecule has 142 valence electrons. The van der Waals surface area contributed by atoms with E-state index in [0.29, 0.717) is 12.8 Å². The Kier molecular flexibility index (Phi) is 5.20. The summed E-state index contributed by atoms with van der Waals surface area (Å²) in [4.78, 5) is 11.3. The average molecular weight is 374 g/mol.